The first kappa shape index (κ1) is 32.9. The Balaban J connectivity index is 1.61. The van der Waals surface area contributed by atoms with Crippen LogP contribution >= 0.6 is 77.4 Å². The summed E-state index contributed by atoms with van der Waals surface area (Å²) >= 11 is 15.9. The first-order chi connectivity index (χ1) is 20.9. The van der Waals surface area contributed by atoms with Gasteiger partial charge in [-0.2, -0.15) is 13.2 Å². The van der Waals surface area contributed by atoms with E-state index in [1.165, 1.54) is 31.2 Å². The van der Waals surface area contributed by atoms with Crippen molar-refractivity contribution in [3.8, 4) is 5.75 Å². The topological polar surface area (TPSA) is 69.9 Å². The van der Waals surface area contributed by atoms with Gasteiger partial charge in [0, 0.05) is 9.50 Å². The van der Waals surface area contributed by atoms with Gasteiger partial charge in [-0.3, -0.25) is 9.36 Å². The van der Waals surface area contributed by atoms with E-state index < -0.39 is 35.0 Å². The van der Waals surface area contributed by atoms with E-state index in [0.717, 1.165) is 29.5 Å². The third-order valence-electron chi connectivity index (χ3n) is 6.40. The highest BCUT2D eigenvalue weighted by Gasteiger charge is 2.45. The summed E-state index contributed by atoms with van der Waals surface area (Å²) < 4.78 is 57.5. The Morgan fingerprint density at radius 1 is 1.14 bits per heavy atom. The number of fused-ring (bicyclic) bond motifs is 1. The predicted octanol–water partition coefficient (Wildman–Crippen LogP) is 7.70. The van der Waals surface area contributed by atoms with Crippen molar-refractivity contribution in [2.24, 2.45) is 4.99 Å². The predicted molar refractivity (Wildman–Crippen MR) is 178 cm³/mol. The number of esters is 1. The van der Waals surface area contributed by atoms with Crippen LogP contribution in [0, 0.1) is 3.57 Å². The van der Waals surface area contributed by atoms with E-state index >= 15 is 0 Å². The van der Waals surface area contributed by atoms with Gasteiger partial charge in [0.25, 0.3) is 5.56 Å². The molecule has 3 aromatic carbocycles. The lowest BCUT2D eigenvalue weighted by Crippen LogP contribution is -2.41. The highest BCUT2D eigenvalue weighted by atomic mass is 127. The molecule has 0 spiro atoms. The molecule has 4 aromatic rings. The zero-order chi connectivity index (χ0) is 31.8. The Hall–Kier alpha value is -2.46. The van der Waals surface area contributed by atoms with Gasteiger partial charge in [0.2, 0.25) is 0 Å². The molecule has 0 fully saturated rings. The molecule has 0 radical (unpaired) electrons. The summed E-state index contributed by atoms with van der Waals surface area (Å²) in [6.07, 6.45) is -3.43. The van der Waals surface area contributed by atoms with Gasteiger partial charge in [0.15, 0.2) is 10.5 Å². The molecule has 0 bridgehead atoms. The summed E-state index contributed by atoms with van der Waals surface area (Å²) in [4.78, 5) is 30.4. The Bertz CT molecular complexity index is 1940. The van der Waals surface area contributed by atoms with Gasteiger partial charge < -0.3 is 9.47 Å². The van der Waals surface area contributed by atoms with E-state index in [1.54, 1.807) is 18.2 Å². The van der Waals surface area contributed by atoms with Crippen molar-refractivity contribution in [1.82, 2.24) is 4.57 Å². The molecular formula is C30H19Br2ClF3IN2O4S. The lowest BCUT2D eigenvalue weighted by molar-refractivity contribution is -0.140. The smallest absolute Gasteiger partial charge is 0.434 e. The lowest BCUT2D eigenvalue weighted by Gasteiger charge is -2.26. The fourth-order valence-corrected chi connectivity index (χ4v) is 7.65. The highest BCUT2D eigenvalue weighted by molar-refractivity contribution is 14.1. The zero-order valence-electron chi connectivity index (χ0n) is 22.4. The number of allylic oxidation sites excluding steroid dienone is 1. The fourth-order valence-electron chi connectivity index (χ4n) is 4.49. The summed E-state index contributed by atoms with van der Waals surface area (Å²) in [6, 6.07) is 15.7. The van der Waals surface area contributed by atoms with Crippen LogP contribution in [0.1, 0.15) is 29.7 Å². The van der Waals surface area contributed by atoms with Crippen LogP contribution in [0.4, 0.5) is 13.2 Å². The summed E-state index contributed by atoms with van der Waals surface area (Å²) in [6.45, 7) is 1.64. The molecule has 0 N–H and O–H groups in total. The number of alkyl halides is 3. The number of rotatable bonds is 7. The molecule has 6 nitrogen and oxygen atoms in total. The van der Waals surface area contributed by atoms with E-state index in [9.17, 15) is 22.8 Å². The number of halogens is 7. The largest absolute Gasteiger partial charge is 0.487 e. The molecule has 0 unspecified atom stereocenters. The summed E-state index contributed by atoms with van der Waals surface area (Å²) in [5.74, 6) is -0.612. The Labute approximate surface area is 288 Å². The van der Waals surface area contributed by atoms with Gasteiger partial charge in [0.05, 0.1) is 30.8 Å². The molecule has 0 saturated heterocycles. The van der Waals surface area contributed by atoms with E-state index in [0.29, 0.717) is 27.4 Å². The van der Waals surface area contributed by atoms with Gasteiger partial charge >= 0.3 is 12.1 Å². The van der Waals surface area contributed by atoms with Crippen LogP contribution in [0.3, 0.4) is 0 Å². The van der Waals surface area contributed by atoms with Crippen LogP contribution in [0.2, 0.25) is 5.02 Å². The maximum absolute atomic E-state index is 14.3. The SMILES string of the molecule is CCOC(=O)C1=C(C(F)(F)F)N=c2s/c(=C\c3cc(Br)c(OCc4ccc(Br)cc4)c(I)c3)c(=O)n2[C@H]1c1ccc(Cl)cc1. The van der Waals surface area contributed by atoms with Crippen LogP contribution in [0.5, 0.6) is 5.75 Å². The number of benzene rings is 3. The molecule has 0 saturated carbocycles. The Morgan fingerprint density at radius 3 is 2.43 bits per heavy atom. The second-order valence-corrected chi connectivity index (χ2v) is 13.7. The van der Waals surface area contributed by atoms with E-state index in [4.69, 9.17) is 21.1 Å². The highest BCUT2D eigenvalue weighted by Crippen LogP contribution is 2.38. The number of hydrogen-bond donors (Lipinski definition) is 0. The average molecular weight is 883 g/mol. The van der Waals surface area contributed by atoms with Crippen molar-refractivity contribution in [3.63, 3.8) is 0 Å². The normalized spacial score (nSPS) is 15.2. The monoisotopic (exact) mass is 880 g/mol. The molecule has 2 heterocycles. The molecule has 1 aliphatic rings. The fraction of sp³-hybridized carbons (Fsp3) is 0.167. The van der Waals surface area contributed by atoms with Crippen molar-refractivity contribution in [3.05, 3.63) is 126 Å². The quantitative estimate of drug-likeness (QED) is 0.141. The third-order valence-corrected chi connectivity index (χ3v) is 9.55. The van der Waals surface area contributed by atoms with Gasteiger partial charge in [-0.05, 0) is 105 Å². The summed E-state index contributed by atoms with van der Waals surface area (Å²) in [5, 5.41) is 0.336. The number of hydrogen-bond acceptors (Lipinski definition) is 6. The number of carbonyl (C=O) groups excluding carboxylic acids is 1. The molecule has 1 aromatic heterocycles. The molecule has 1 aliphatic heterocycles. The number of ether oxygens (including phenoxy) is 2. The standard InChI is InChI=1S/C30H19Br2ClF3IN2O4S/c1-2-42-28(41)23-24(17-5-9-19(33)10-6-17)39-27(40)22(44-29(39)38-26(23)30(34,35)36)13-16-11-20(32)25(21(37)12-16)43-14-15-3-7-18(31)8-4-15/h3-13,24H,2,14H2,1H3/b22-13-/t24-/m0/s1. The van der Waals surface area contributed by atoms with E-state index in [2.05, 4.69) is 59.4 Å². The molecule has 14 heteroatoms. The number of nitrogens with zero attached hydrogens (tertiary/aromatic N) is 2. The zero-order valence-corrected chi connectivity index (χ0v) is 29.3. The van der Waals surface area contributed by atoms with Crippen molar-refractivity contribution in [2.75, 3.05) is 6.61 Å². The summed E-state index contributed by atoms with van der Waals surface area (Å²) in [5.41, 5.74) is -0.980. The van der Waals surface area contributed by atoms with Gasteiger partial charge in [-0.15, -0.1) is 0 Å². The molecule has 0 amide bonds. The van der Waals surface area contributed by atoms with Gasteiger partial charge in [-0.1, -0.05) is 63.1 Å². The maximum Gasteiger partial charge on any atom is 0.434 e. The first-order valence-corrected chi connectivity index (χ1v) is 16.6. The van der Waals surface area contributed by atoms with Crippen molar-refractivity contribution in [1.29, 1.82) is 0 Å². The third kappa shape index (κ3) is 7.01. The molecule has 5 rings (SSSR count). The molecular weight excluding hydrogens is 864 g/mol. The maximum atomic E-state index is 14.3. The molecule has 1 atom stereocenters. The minimum atomic E-state index is -4.99. The lowest BCUT2D eigenvalue weighted by atomic mass is 9.95. The van der Waals surface area contributed by atoms with Gasteiger partial charge in [-0.25, -0.2) is 9.79 Å². The second kappa shape index (κ2) is 13.5. The van der Waals surface area contributed by atoms with Crippen LogP contribution in [-0.2, 0) is 16.1 Å². The Morgan fingerprint density at radius 2 is 1.82 bits per heavy atom. The van der Waals surface area contributed by atoms with Crippen LogP contribution in [0.25, 0.3) is 6.08 Å². The minimum absolute atomic E-state index is 0.126. The van der Waals surface area contributed by atoms with Crippen LogP contribution in [0.15, 0.2) is 90.7 Å². The summed E-state index contributed by atoms with van der Waals surface area (Å²) in [7, 11) is 0. The number of thiazole rings is 1. The molecule has 44 heavy (non-hydrogen) atoms. The number of aromatic nitrogens is 1. The van der Waals surface area contributed by atoms with Crippen LogP contribution < -0.4 is 19.6 Å². The van der Waals surface area contributed by atoms with Crippen molar-refractivity contribution in [2.45, 2.75) is 25.7 Å². The van der Waals surface area contributed by atoms with Gasteiger partial charge in [0.1, 0.15) is 12.4 Å². The molecule has 0 aliphatic carbocycles. The van der Waals surface area contributed by atoms with Crippen molar-refractivity contribution >= 4 is 89.4 Å². The molecule has 228 valence electrons. The second-order valence-electron chi connectivity index (χ2n) is 9.34. The van der Waals surface area contributed by atoms with Crippen molar-refractivity contribution < 1.29 is 27.4 Å². The Kier molecular flexibility index (Phi) is 10.1. The van der Waals surface area contributed by atoms with Crippen LogP contribution in [-0.4, -0.2) is 23.3 Å². The number of carbonyl (C=O) groups is 1. The minimum Gasteiger partial charge on any atom is -0.487 e. The average Bonchev–Trinajstić information content (AvgIpc) is 3.27. The van der Waals surface area contributed by atoms with E-state index in [1.807, 2.05) is 24.3 Å². The van der Waals surface area contributed by atoms with E-state index in [-0.39, 0.29) is 21.5 Å². The first-order valence-electron chi connectivity index (χ1n) is 12.8.